The van der Waals surface area contributed by atoms with Gasteiger partial charge >= 0.3 is 0 Å². The number of amides is 1. The van der Waals surface area contributed by atoms with Gasteiger partial charge in [-0.15, -0.1) is 11.3 Å². The van der Waals surface area contributed by atoms with Crippen molar-refractivity contribution < 1.29 is 4.79 Å². The molecule has 0 aliphatic carbocycles. The summed E-state index contributed by atoms with van der Waals surface area (Å²) in [7, 11) is 0. The lowest BCUT2D eigenvalue weighted by Crippen LogP contribution is -2.27. The standard InChI is InChI=1S/C17H21N5OS/c1-3-21(4-2)9-10-22-15-8-6-5-7-13(15)19-17(22)20-16(23)14-11-24-12-18-14/h5-8,11-12H,3-4,9-10H2,1-2H3,(H,19,20,23). The van der Waals surface area contributed by atoms with Crippen molar-refractivity contribution in [2.45, 2.75) is 20.4 Å². The van der Waals surface area contributed by atoms with E-state index in [1.807, 2.05) is 24.3 Å². The fourth-order valence-electron chi connectivity index (χ4n) is 2.67. The minimum absolute atomic E-state index is 0.226. The molecule has 0 radical (unpaired) electrons. The quantitative estimate of drug-likeness (QED) is 0.716. The zero-order valence-corrected chi connectivity index (χ0v) is 14.7. The van der Waals surface area contributed by atoms with E-state index in [2.05, 4.69) is 38.6 Å². The molecular formula is C17H21N5OS. The topological polar surface area (TPSA) is 63.0 Å². The molecule has 0 aliphatic rings. The first-order chi connectivity index (χ1) is 11.7. The van der Waals surface area contributed by atoms with Crippen molar-refractivity contribution in [1.29, 1.82) is 0 Å². The number of likely N-dealkylation sites (N-methyl/N-ethyl adjacent to an activating group) is 1. The Morgan fingerprint density at radius 3 is 2.79 bits per heavy atom. The van der Waals surface area contributed by atoms with Gasteiger partial charge < -0.3 is 9.47 Å². The summed E-state index contributed by atoms with van der Waals surface area (Å²) in [5, 5.41) is 4.64. The second-order valence-corrected chi connectivity index (χ2v) is 6.15. The number of benzene rings is 1. The average Bonchev–Trinajstić information content (AvgIpc) is 3.24. The van der Waals surface area contributed by atoms with Crippen molar-refractivity contribution in [3.8, 4) is 0 Å². The minimum Gasteiger partial charge on any atom is -0.309 e. The number of rotatable bonds is 7. The van der Waals surface area contributed by atoms with Crippen LogP contribution in [0.3, 0.4) is 0 Å². The molecule has 0 bridgehead atoms. The summed E-state index contributed by atoms with van der Waals surface area (Å²) < 4.78 is 2.07. The Balaban J connectivity index is 1.88. The van der Waals surface area contributed by atoms with Gasteiger partial charge in [0.25, 0.3) is 5.91 Å². The van der Waals surface area contributed by atoms with Crippen molar-refractivity contribution in [1.82, 2.24) is 19.4 Å². The first-order valence-corrected chi connectivity index (χ1v) is 9.04. The van der Waals surface area contributed by atoms with Crippen molar-refractivity contribution in [3.05, 3.63) is 40.8 Å². The van der Waals surface area contributed by atoms with Crippen LogP contribution >= 0.6 is 11.3 Å². The maximum Gasteiger partial charge on any atom is 0.277 e. The zero-order valence-electron chi connectivity index (χ0n) is 13.9. The lowest BCUT2D eigenvalue weighted by atomic mass is 10.3. The van der Waals surface area contributed by atoms with Gasteiger partial charge in [0, 0.05) is 18.5 Å². The highest BCUT2D eigenvalue weighted by atomic mass is 32.1. The normalized spacial score (nSPS) is 11.3. The van der Waals surface area contributed by atoms with Crippen LogP contribution < -0.4 is 5.32 Å². The average molecular weight is 343 g/mol. The molecule has 0 unspecified atom stereocenters. The molecule has 1 amide bonds. The zero-order chi connectivity index (χ0) is 16.9. The van der Waals surface area contributed by atoms with E-state index in [0.717, 1.165) is 37.2 Å². The van der Waals surface area contributed by atoms with E-state index in [-0.39, 0.29) is 5.91 Å². The van der Waals surface area contributed by atoms with E-state index in [4.69, 9.17) is 0 Å². The van der Waals surface area contributed by atoms with Crippen LogP contribution in [0.2, 0.25) is 0 Å². The number of carbonyl (C=O) groups is 1. The molecule has 0 saturated heterocycles. The van der Waals surface area contributed by atoms with Gasteiger partial charge in [0.1, 0.15) is 5.69 Å². The van der Waals surface area contributed by atoms with E-state index >= 15 is 0 Å². The second-order valence-electron chi connectivity index (χ2n) is 5.43. The molecule has 2 aromatic heterocycles. The van der Waals surface area contributed by atoms with E-state index in [1.165, 1.54) is 11.3 Å². The highest BCUT2D eigenvalue weighted by Gasteiger charge is 2.15. The molecule has 3 rings (SSSR count). The largest absolute Gasteiger partial charge is 0.309 e. The van der Waals surface area contributed by atoms with Crippen molar-refractivity contribution in [2.75, 3.05) is 25.0 Å². The monoisotopic (exact) mass is 343 g/mol. The number of hydrogen-bond acceptors (Lipinski definition) is 5. The molecular weight excluding hydrogens is 322 g/mol. The Morgan fingerprint density at radius 1 is 1.29 bits per heavy atom. The number of nitrogens with zero attached hydrogens (tertiary/aromatic N) is 4. The summed E-state index contributed by atoms with van der Waals surface area (Å²) in [4.78, 5) is 23.3. The SMILES string of the molecule is CCN(CC)CCn1c(NC(=O)c2cscn2)nc2ccccc21. The number of aromatic nitrogens is 3. The van der Waals surface area contributed by atoms with Gasteiger partial charge in [-0.2, -0.15) is 0 Å². The van der Waals surface area contributed by atoms with Crippen LogP contribution in [-0.2, 0) is 6.54 Å². The Kier molecular flexibility index (Phi) is 5.22. The van der Waals surface area contributed by atoms with Crippen LogP contribution in [-0.4, -0.2) is 45.0 Å². The predicted octanol–water partition coefficient (Wildman–Crippen LogP) is 3.09. The molecule has 0 saturated carbocycles. The molecule has 1 aromatic carbocycles. The molecule has 0 atom stereocenters. The summed E-state index contributed by atoms with van der Waals surface area (Å²) in [5.74, 6) is 0.344. The summed E-state index contributed by atoms with van der Waals surface area (Å²) >= 11 is 1.40. The molecule has 1 N–H and O–H groups in total. The summed E-state index contributed by atoms with van der Waals surface area (Å²) in [6, 6.07) is 7.94. The Hall–Kier alpha value is -2.25. The smallest absolute Gasteiger partial charge is 0.277 e. The van der Waals surface area contributed by atoms with Gasteiger partial charge in [-0.25, -0.2) is 9.97 Å². The molecule has 0 aliphatic heterocycles. The van der Waals surface area contributed by atoms with Gasteiger partial charge in [-0.1, -0.05) is 26.0 Å². The van der Waals surface area contributed by atoms with Gasteiger partial charge in [0.15, 0.2) is 0 Å². The number of nitrogens with one attached hydrogen (secondary N) is 1. The summed E-state index contributed by atoms with van der Waals surface area (Å²) in [6.45, 7) is 8.00. The van der Waals surface area contributed by atoms with Crippen LogP contribution in [0.4, 0.5) is 5.95 Å². The van der Waals surface area contributed by atoms with E-state index in [9.17, 15) is 4.79 Å². The van der Waals surface area contributed by atoms with E-state index in [0.29, 0.717) is 11.6 Å². The van der Waals surface area contributed by atoms with Crippen LogP contribution in [0.5, 0.6) is 0 Å². The number of carbonyl (C=O) groups excluding carboxylic acids is 1. The first-order valence-electron chi connectivity index (χ1n) is 8.10. The van der Waals surface area contributed by atoms with Gasteiger partial charge in [0.05, 0.1) is 16.5 Å². The van der Waals surface area contributed by atoms with Crippen molar-refractivity contribution in [2.24, 2.45) is 0 Å². The molecule has 3 aromatic rings. The van der Waals surface area contributed by atoms with Crippen LogP contribution in [0, 0.1) is 0 Å². The third-order valence-electron chi connectivity index (χ3n) is 4.08. The molecule has 0 spiro atoms. The molecule has 24 heavy (non-hydrogen) atoms. The summed E-state index contributed by atoms with van der Waals surface area (Å²) in [6.07, 6.45) is 0. The molecule has 6 nitrogen and oxygen atoms in total. The lowest BCUT2D eigenvalue weighted by molar-refractivity contribution is 0.102. The van der Waals surface area contributed by atoms with E-state index < -0.39 is 0 Å². The number of fused-ring (bicyclic) bond motifs is 1. The van der Waals surface area contributed by atoms with Gasteiger partial charge in [0.2, 0.25) is 5.95 Å². The first kappa shape index (κ1) is 16.6. The lowest BCUT2D eigenvalue weighted by Gasteiger charge is -2.19. The highest BCUT2D eigenvalue weighted by Crippen LogP contribution is 2.20. The second kappa shape index (κ2) is 7.55. The fourth-order valence-corrected chi connectivity index (χ4v) is 3.20. The Morgan fingerprint density at radius 2 is 2.08 bits per heavy atom. The Labute approximate surface area is 145 Å². The third kappa shape index (κ3) is 3.47. The molecule has 126 valence electrons. The Bertz CT molecular complexity index is 808. The summed E-state index contributed by atoms with van der Waals surface area (Å²) in [5.41, 5.74) is 3.98. The van der Waals surface area contributed by atoms with Crippen LogP contribution in [0.1, 0.15) is 24.3 Å². The molecule has 0 fully saturated rings. The fraction of sp³-hybridized carbons (Fsp3) is 0.353. The minimum atomic E-state index is -0.226. The van der Waals surface area contributed by atoms with E-state index in [1.54, 1.807) is 10.9 Å². The third-order valence-corrected chi connectivity index (χ3v) is 4.67. The number of thiazole rings is 1. The number of anilines is 1. The van der Waals surface area contributed by atoms with Crippen LogP contribution in [0.15, 0.2) is 35.2 Å². The van der Waals surface area contributed by atoms with Gasteiger partial charge in [-0.3, -0.25) is 10.1 Å². The number of hydrogen-bond donors (Lipinski definition) is 1. The number of para-hydroxylation sites is 2. The van der Waals surface area contributed by atoms with Crippen molar-refractivity contribution >= 4 is 34.2 Å². The van der Waals surface area contributed by atoms with Crippen molar-refractivity contribution in [3.63, 3.8) is 0 Å². The molecule has 2 heterocycles. The maximum absolute atomic E-state index is 12.3. The number of imidazole rings is 1. The highest BCUT2D eigenvalue weighted by molar-refractivity contribution is 7.07. The predicted molar refractivity (Wildman–Crippen MR) is 97.6 cm³/mol. The maximum atomic E-state index is 12.3. The van der Waals surface area contributed by atoms with Crippen LogP contribution in [0.25, 0.3) is 11.0 Å². The molecule has 7 heteroatoms. The van der Waals surface area contributed by atoms with Gasteiger partial charge in [-0.05, 0) is 25.2 Å².